The van der Waals surface area contributed by atoms with E-state index in [1.165, 1.54) is 11.3 Å². The molecule has 2 heteroatoms. The molecule has 0 aromatic heterocycles. The molecule has 2 rings (SSSR count). The van der Waals surface area contributed by atoms with Crippen molar-refractivity contribution in [2.24, 2.45) is 0 Å². The first-order valence-corrected chi connectivity index (χ1v) is 3.94. The maximum absolute atomic E-state index is 3.35. The van der Waals surface area contributed by atoms with Gasteiger partial charge in [0.2, 0.25) is 0 Å². The van der Waals surface area contributed by atoms with Crippen LogP contribution in [0.25, 0.3) is 0 Å². The van der Waals surface area contributed by atoms with Crippen LogP contribution in [0.1, 0.15) is 12.5 Å². The van der Waals surface area contributed by atoms with E-state index in [0.29, 0.717) is 6.17 Å². The van der Waals surface area contributed by atoms with Crippen molar-refractivity contribution in [2.45, 2.75) is 19.6 Å². The maximum atomic E-state index is 3.35. The highest BCUT2D eigenvalue weighted by molar-refractivity contribution is 5.52. The van der Waals surface area contributed by atoms with Gasteiger partial charge in [-0.25, -0.2) is 0 Å². The largest absolute Gasteiger partial charge is 0.370 e. The summed E-state index contributed by atoms with van der Waals surface area (Å²) in [6, 6.07) is 8.38. The van der Waals surface area contributed by atoms with Gasteiger partial charge in [-0.2, -0.15) is 0 Å². The van der Waals surface area contributed by atoms with E-state index in [0.717, 1.165) is 6.54 Å². The molecular formula is C9H12N2. The van der Waals surface area contributed by atoms with E-state index < -0.39 is 0 Å². The van der Waals surface area contributed by atoms with E-state index in [2.05, 4.69) is 41.8 Å². The van der Waals surface area contributed by atoms with Gasteiger partial charge < -0.3 is 5.32 Å². The van der Waals surface area contributed by atoms with E-state index >= 15 is 0 Å². The van der Waals surface area contributed by atoms with Crippen molar-refractivity contribution in [1.82, 2.24) is 5.32 Å². The lowest BCUT2D eigenvalue weighted by Crippen LogP contribution is -2.37. The van der Waals surface area contributed by atoms with Gasteiger partial charge in [0.15, 0.2) is 0 Å². The van der Waals surface area contributed by atoms with Crippen LogP contribution in [0.15, 0.2) is 24.3 Å². The Balaban J connectivity index is 2.34. The molecule has 1 aliphatic rings. The van der Waals surface area contributed by atoms with Crippen LogP contribution in [0.3, 0.4) is 0 Å². The van der Waals surface area contributed by atoms with Crippen LogP contribution < -0.4 is 10.6 Å². The Morgan fingerprint density at radius 3 is 3.09 bits per heavy atom. The quantitative estimate of drug-likeness (QED) is 0.583. The number of hydrogen-bond donors (Lipinski definition) is 2. The molecule has 1 heterocycles. The highest BCUT2D eigenvalue weighted by atomic mass is 15.1. The fourth-order valence-corrected chi connectivity index (χ4v) is 1.36. The van der Waals surface area contributed by atoms with Gasteiger partial charge in [0.1, 0.15) is 0 Å². The molecule has 1 unspecified atom stereocenters. The van der Waals surface area contributed by atoms with Crippen LogP contribution in [0.2, 0.25) is 0 Å². The number of anilines is 1. The fourth-order valence-electron chi connectivity index (χ4n) is 1.36. The Hall–Kier alpha value is -1.02. The molecule has 1 aromatic rings. The van der Waals surface area contributed by atoms with Gasteiger partial charge in [-0.05, 0) is 18.6 Å². The molecule has 1 aromatic carbocycles. The fraction of sp³-hybridized carbons (Fsp3) is 0.333. The lowest BCUT2D eigenvalue weighted by molar-refractivity contribution is 0.579. The van der Waals surface area contributed by atoms with Crippen LogP contribution in [0.5, 0.6) is 0 Å². The number of hydrogen-bond acceptors (Lipinski definition) is 2. The highest BCUT2D eigenvalue weighted by Gasteiger charge is 2.10. The second-order valence-corrected chi connectivity index (χ2v) is 2.90. The molecule has 0 amide bonds. The van der Waals surface area contributed by atoms with Crippen LogP contribution in [0.4, 0.5) is 5.69 Å². The van der Waals surface area contributed by atoms with E-state index in [1.54, 1.807) is 0 Å². The van der Waals surface area contributed by atoms with Crippen molar-refractivity contribution >= 4 is 5.69 Å². The van der Waals surface area contributed by atoms with Gasteiger partial charge in [-0.3, -0.25) is 5.32 Å². The standard InChI is InChI=1S/C9H12N2/c1-7-10-6-8-4-2-3-5-9(8)11-7/h2-5,7,10-11H,6H2,1H3. The molecule has 2 nitrogen and oxygen atoms in total. The van der Waals surface area contributed by atoms with Crippen molar-refractivity contribution in [3.05, 3.63) is 29.8 Å². The summed E-state index contributed by atoms with van der Waals surface area (Å²) in [5, 5.41) is 6.68. The number of rotatable bonds is 0. The van der Waals surface area contributed by atoms with Crippen molar-refractivity contribution < 1.29 is 0 Å². The van der Waals surface area contributed by atoms with Crippen LogP contribution in [-0.4, -0.2) is 6.17 Å². The third-order valence-electron chi connectivity index (χ3n) is 1.99. The molecule has 1 atom stereocenters. The van der Waals surface area contributed by atoms with Gasteiger partial charge in [0.05, 0.1) is 6.17 Å². The summed E-state index contributed by atoms with van der Waals surface area (Å²) in [4.78, 5) is 0. The molecule has 0 spiro atoms. The van der Waals surface area contributed by atoms with Crippen molar-refractivity contribution in [3.8, 4) is 0 Å². The summed E-state index contributed by atoms with van der Waals surface area (Å²) in [6.07, 6.45) is 0.393. The summed E-state index contributed by atoms with van der Waals surface area (Å²) in [6.45, 7) is 3.10. The first-order chi connectivity index (χ1) is 5.36. The van der Waals surface area contributed by atoms with Crippen LogP contribution >= 0.6 is 0 Å². The van der Waals surface area contributed by atoms with Crippen molar-refractivity contribution in [2.75, 3.05) is 5.32 Å². The number of nitrogens with one attached hydrogen (secondary N) is 2. The molecule has 1 aliphatic heterocycles. The number of benzene rings is 1. The molecule has 0 saturated heterocycles. The van der Waals surface area contributed by atoms with Gasteiger partial charge in [0.25, 0.3) is 0 Å². The minimum absolute atomic E-state index is 0.393. The molecule has 0 saturated carbocycles. The second kappa shape index (κ2) is 2.55. The third-order valence-corrected chi connectivity index (χ3v) is 1.99. The zero-order valence-electron chi connectivity index (χ0n) is 6.59. The molecule has 0 bridgehead atoms. The van der Waals surface area contributed by atoms with Gasteiger partial charge in [0, 0.05) is 12.2 Å². The van der Waals surface area contributed by atoms with Gasteiger partial charge in [-0.1, -0.05) is 18.2 Å². The zero-order valence-corrected chi connectivity index (χ0v) is 6.59. The van der Waals surface area contributed by atoms with E-state index in [1.807, 2.05) is 0 Å². The van der Waals surface area contributed by atoms with Crippen molar-refractivity contribution in [1.29, 1.82) is 0 Å². The molecule has 11 heavy (non-hydrogen) atoms. The Morgan fingerprint density at radius 1 is 1.36 bits per heavy atom. The Labute approximate surface area is 66.6 Å². The number of fused-ring (bicyclic) bond motifs is 1. The summed E-state index contributed by atoms with van der Waals surface area (Å²) in [5.74, 6) is 0. The average Bonchev–Trinajstić information content (AvgIpc) is 2.04. The Kier molecular flexibility index (Phi) is 1.55. The summed E-state index contributed by atoms with van der Waals surface area (Å²) in [5.41, 5.74) is 2.62. The predicted molar refractivity (Wildman–Crippen MR) is 46.4 cm³/mol. The first-order valence-electron chi connectivity index (χ1n) is 3.94. The minimum atomic E-state index is 0.393. The summed E-state index contributed by atoms with van der Waals surface area (Å²) >= 11 is 0. The lowest BCUT2D eigenvalue weighted by atomic mass is 10.1. The number of para-hydroxylation sites is 1. The summed E-state index contributed by atoms with van der Waals surface area (Å²) in [7, 11) is 0. The van der Waals surface area contributed by atoms with Crippen LogP contribution in [-0.2, 0) is 6.54 Å². The lowest BCUT2D eigenvalue weighted by Gasteiger charge is -2.25. The third kappa shape index (κ3) is 1.21. The molecule has 2 N–H and O–H groups in total. The van der Waals surface area contributed by atoms with E-state index in [-0.39, 0.29) is 0 Å². The van der Waals surface area contributed by atoms with Crippen LogP contribution in [0, 0.1) is 0 Å². The Morgan fingerprint density at radius 2 is 2.18 bits per heavy atom. The SMILES string of the molecule is CC1NCc2ccccc2N1. The van der Waals surface area contributed by atoms with Gasteiger partial charge >= 0.3 is 0 Å². The second-order valence-electron chi connectivity index (χ2n) is 2.90. The Bertz CT molecular complexity index is 257. The maximum Gasteiger partial charge on any atom is 0.0742 e. The molecule has 58 valence electrons. The topological polar surface area (TPSA) is 24.1 Å². The molecule has 0 radical (unpaired) electrons. The highest BCUT2D eigenvalue weighted by Crippen LogP contribution is 2.18. The minimum Gasteiger partial charge on any atom is -0.370 e. The first kappa shape index (κ1) is 6.68. The molecule has 0 fully saturated rings. The zero-order chi connectivity index (χ0) is 7.68. The van der Waals surface area contributed by atoms with E-state index in [9.17, 15) is 0 Å². The van der Waals surface area contributed by atoms with Crippen molar-refractivity contribution in [3.63, 3.8) is 0 Å². The van der Waals surface area contributed by atoms with E-state index in [4.69, 9.17) is 0 Å². The smallest absolute Gasteiger partial charge is 0.0742 e. The normalized spacial score (nSPS) is 22.1. The predicted octanol–water partition coefficient (Wildman–Crippen LogP) is 1.55. The average molecular weight is 148 g/mol. The molecule has 0 aliphatic carbocycles. The molecular weight excluding hydrogens is 136 g/mol. The summed E-state index contributed by atoms with van der Waals surface area (Å²) < 4.78 is 0. The van der Waals surface area contributed by atoms with Gasteiger partial charge in [-0.15, -0.1) is 0 Å². The monoisotopic (exact) mass is 148 g/mol.